The molecule has 0 aliphatic carbocycles. The molecule has 1 atom stereocenters. The maximum atomic E-state index is 12.7. The number of aromatic nitrogens is 5. The van der Waals surface area contributed by atoms with Crippen molar-refractivity contribution in [2.75, 3.05) is 6.26 Å². The van der Waals surface area contributed by atoms with Crippen molar-refractivity contribution in [2.24, 2.45) is 0 Å². The Bertz CT molecular complexity index is 931. The fourth-order valence-electron chi connectivity index (χ4n) is 2.38. The van der Waals surface area contributed by atoms with Crippen LogP contribution in [0.5, 0.6) is 0 Å². The normalized spacial score (nSPS) is 12.7. The van der Waals surface area contributed by atoms with E-state index in [0.717, 1.165) is 5.39 Å². The average Bonchev–Trinajstić information content (AvgIpc) is 3.00. The number of fused-ring (bicyclic) bond motifs is 1. The number of hydrogen-bond acceptors (Lipinski definition) is 5. The van der Waals surface area contributed by atoms with Gasteiger partial charge in [-0.2, -0.15) is 0 Å². The van der Waals surface area contributed by atoms with E-state index in [4.69, 9.17) is 0 Å². The molecular formula is C14H15N5O2S. The van der Waals surface area contributed by atoms with Crippen molar-refractivity contribution >= 4 is 21.8 Å². The predicted octanol–water partition coefficient (Wildman–Crippen LogP) is 1.25. The average molecular weight is 317 g/mol. The highest BCUT2D eigenvalue weighted by molar-refractivity contribution is 7.84. The molecule has 114 valence electrons. The predicted molar refractivity (Wildman–Crippen MR) is 84.1 cm³/mol. The minimum atomic E-state index is -1.30. The molecule has 0 radical (unpaired) electrons. The van der Waals surface area contributed by atoms with Crippen molar-refractivity contribution in [2.45, 2.75) is 25.5 Å². The van der Waals surface area contributed by atoms with E-state index in [-0.39, 0.29) is 10.7 Å². The minimum Gasteiger partial charge on any atom is -0.344 e. The molecule has 0 aromatic carbocycles. The molecule has 7 nitrogen and oxygen atoms in total. The summed E-state index contributed by atoms with van der Waals surface area (Å²) < 4.78 is 13.2. The number of imidazole rings is 1. The van der Waals surface area contributed by atoms with Gasteiger partial charge in [0.05, 0.1) is 40.3 Å². The molecule has 0 bridgehead atoms. The van der Waals surface area contributed by atoms with Crippen LogP contribution in [0.1, 0.15) is 12.6 Å². The third-order valence-corrected chi connectivity index (χ3v) is 4.17. The van der Waals surface area contributed by atoms with E-state index in [0.29, 0.717) is 29.1 Å². The van der Waals surface area contributed by atoms with Crippen LogP contribution in [0.4, 0.5) is 0 Å². The lowest BCUT2D eigenvalue weighted by atomic mass is 10.1. The van der Waals surface area contributed by atoms with E-state index >= 15 is 0 Å². The monoisotopic (exact) mass is 317 g/mol. The van der Waals surface area contributed by atoms with Gasteiger partial charge in [-0.25, -0.2) is 15.0 Å². The Hall–Kier alpha value is -2.35. The molecule has 0 aliphatic heterocycles. The quantitative estimate of drug-likeness (QED) is 0.734. The molecular weight excluding hydrogens is 302 g/mol. The van der Waals surface area contributed by atoms with Gasteiger partial charge in [-0.05, 0) is 19.9 Å². The summed E-state index contributed by atoms with van der Waals surface area (Å²) in [4.78, 5) is 28.2. The maximum absolute atomic E-state index is 12.7. The van der Waals surface area contributed by atoms with Crippen LogP contribution in [0.3, 0.4) is 0 Å². The van der Waals surface area contributed by atoms with Gasteiger partial charge in [-0.3, -0.25) is 13.6 Å². The number of H-pyrrole nitrogens is 1. The summed E-state index contributed by atoms with van der Waals surface area (Å²) in [5.74, 6) is 0. The van der Waals surface area contributed by atoms with Crippen molar-refractivity contribution in [1.82, 2.24) is 24.5 Å². The highest BCUT2D eigenvalue weighted by atomic mass is 32.2. The van der Waals surface area contributed by atoms with Gasteiger partial charge < -0.3 is 4.98 Å². The fourth-order valence-corrected chi connectivity index (χ4v) is 2.86. The van der Waals surface area contributed by atoms with Gasteiger partial charge in [0.25, 0.3) is 5.56 Å². The van der Waals surface area contributed by atoms with Gasteiger partial charge in [0.1, 0.15) is 5.65 Å². The summed E-state index contributed by atoms with van der Waals surface area (Å²) in [6.07, 6.45) is 4.66. The van der Waals surface area contributed by atoms with Crippen LogP contribution < -0.4 is 5.56 Å². The first kappa shape index (κ1) is 14.6. The standard InChI is InChI=1S/C14H15N5O2S/c1-4-19-12-9(8(2)17-14(18-12)22(3)21)5-10(13(19)20)11-6-15-7-16-11/h5-7H,4H2,1-3H3,(H,15,16). The lowest BCUT2D eigenvalue weighted by Gasteiger charge is -2.12. The molecule has 3 aromatic heterocycles. The maximum Gasteiger partial charge on any atom is 0.261 e. The Kier molecular flexibility index (Phi) is 3.61. The van der Waals surface area contributed by atoms with Crippen LogP contribution in [0, 0.1) is 6.92 Å². The minimum absolute atomic E-state index is 0.162. The summed E-state index contributed by atoms with van der Waals surface area (Å²) in [6, 6.07) is 1.76. The zero-order chi connectivity index (χ0) is 15.9. The topological polar surface area (TPSA) is 93.5 Å². The molecule has 0 amide bonds. The highest BCUT2D eigenvalue weighted by Crippen LogP contribution is 2.21. The molecule has 1 unspecified atom stereocenters. The Labute approximate surface area is 128 Å². The van der Waals surface area contributed by atoms with E-state index in [2.05, 4.69) is 19.9 Å². The molecule has 0 saturated heterocycles. The molecule has 22 heavy (non-hydrogen) atoms. The Morgan fingerprint density at radius 1 is 1.36 bits per heavy atom. The van der Waals surface area contributed by atoms with Crippen LogP contribution in [0.2, 0.25) is 0 Å². The van der Waals surface area contributed by atoms with Crippen LogP contribution in [0.15, 0.2) is 28.5 Å². The smallest absolute Gasteiger partial charge is 0.261 e. The van der Waals surface area contributed by atoms with Crippen molar-refractivity contribution in [3.8, 4) is 11.3 Å². The van der Waals surface area contributed by atoms with E-state index in [9.17, 15) is 9.00 Å². The third-order valence-electron chi connectivity index (χ3n) is 3.48. The Balaban J connectivity index is 2.43. The molecule has 3 heterocycles. The van der Waals surface area contributed by atoms with Crippen LogP contribution in [0.25, 0.3) is 22.3 Å². The van der Waals surface area contributed by atoms with Gasteiger partial charge in [0.15, 0.2) is 0 Å². The van der Waals surface area contributed by atoms with E-state index in [1.54, 1.807) is 16.8 Å². The van der Waals surface area contributed by atoms with Crippen molar-refractivity contribution in [3.05, 3.63) is 34.6 Å². The zero-order valence-electron chi connectivity index (χ0n) is 12.5. The number of nitrogens with zero attached hydrogens (tertiary/aromatic N) is 4. The van der Waals surface area contributed by atoms with Crippen LogP contribution in [-0.2, 0) is 17.3 Å². The van der Waals surface area contributed by atoms with Crippen molar-refractivity contribution < 1.29 is 4.21 Å². The number of hydrogen-bond donors (Lipinski definition) is 1. The van der Waals surface area contributed by atoms with Gasteiger partial charge >= 0.3 is 0 Å². The van der Waals surface area contributed by atoms with Crippen molar-refractivity contribution in [1.29, 1.82) is 0 Å². The molecule has 0 saturated carbocycles. The Morgan fingerprint density at radius 2 is 2.14 bits per heavy atom. The first-order chi connectivity index (χ1) is 10.5. The molecule has 3 aromatic rings. The summed E-state index contributed by atoms with van der Waals surface area (Å²) in [7, 11) is -1.30. The fraction of sp³-hybridized carbons (Fsp3) is 0.286. The summed E-state index contributed by atoms with van der Waals surface area (Å²) >= 11 is 0. The lowest BCUT2D eigenvalue weighted by Crippen LogP contribution is -2.23. The second-order valence-electron chi connectivity index (χ2n) is 4.86. The molecule has 0 spiro atoms. The van der Waals surface area contributed by atoms with Gasteiger partial charge in [-0.1, -0.05) is 0 Å². The van der Waals surface area contributed by atoms with E-state index in [1.165, 1.54) is 12.6 Å². The molecule has 1 N–H and O–H groups in total. The molecule has 3 rings (SSSR count). The number of nitrogens with one attached hydrogen (secondary N) is 1. The summed E-state index contributed by atoms with van der Waals surface area (Å²) in [6.45, 7) is 4.16. The van der Waals surface area contributed by atoms with Gasteiger partial charge in [-0.15, -0.1) is 0 Å². The van der Waals surface area contributed by atoms with Gasteiger partial charge in [0, 0.05) is 18.2 Å². The van der Waals surface area contributed by atoms with Crippen LogP contribution in [-0.4, -0.2) is 35.0 Å². The number of pyridine rings is 1. The molecule has 0 fully saturated rings. The van der Waals surface area contributed by atoms with E-state index in [1.807, 2.05) is 13.8 Å². The summed E-state index contributed by atoms with van der Waals surface area (Å²) in [5.41, 5.74) is 2.21. The number of aromatic amines is 1. The highest BCUT2D eigenvalue weighted by Gasteiger charge is 2.16. The number of rotatable bonds is 3. The first-order valence-electron chi connectivity index (χ1n) is 6.77. The molecule has 8 heteroatoms. The second-order valence-corrected chi connectivity index (χ2v) is 6.13. The van der Waals surface area contributed by atoms with E-state index < -0.39 is 10.8 Å². The van der Waals surface area contributed by atoms with Gasteiger partial charge in [0.2, 0.25) is 5.16 Å². The first-order valence-corrected chi connectivity index (χ1v) is 8.33. The second kappa shape index (κ2) is 5.45. The zero-order valence-corrected chi connectivity index (χ0v) is 13.3. The van der Waals surface area contributed by atoms with Crippen molar-refractivity contribution in [3.63, 3.8) is 0 Å². The Morgan fingerprint density at radius 3 is 2.73 bits per heavy atom. The lowest BCUT2D eigenvalue weighted by molar-refractivity contribution is 0.677. The summed E-state index contributed by atoms with van der Waals surface area (Å²) in [5, 5.41) is 1.00. The SMILES string of the molecule is CCn1c(=O)c(-c2cnc[nH]2)cc2c(C)nc(S(C)=O)nc21. The molecule has 0 aliphatic rings. The third kappa shape index (κ3) is 2.25. The largest absolute Gasteiger partial charge is 0.344 e. The van der Waals surface area contributed by atoms with Crippen LogP contribution >= 0.6 is 0 Å². The number of aryl methyl sites for hydroxylation is 2.